The van der Waals surface area contributed by atoms with Crippen molar-refractivity contribution in [2.24, 2.45) is 5.73 Å². The monoisotopic (exact) mass is 303 g/mol. The Morgan fingerprint density at radius 3 is 2.41 bits per heavy atom. The molecule has 0 fully saturated rings. The lowest BCUT2D eigenvalue weighted by Crippen LogP contribution is -2.21. The summed E-state index contributed by atoms with van der Waals surface area (Å²) in [4.78, 5) is 22.5. The predicted octanol–water partition coefficient (Wildman–Crippen LogP) is 2.33. The van der Waals surface area contributed by atoms with Gasteiger partial charge in [-0.05, 0) is 30.3 Å². The lowest BCUT2D eigenvalue weighted by Gasteiger charge is -2.09. The van der Waals surface area contributed by atoms with Gasteiger partial charge in [-0.25, -0.2) is 9.18 Å². The van der Waals surface area contributed by atoms with E-state index in [1.807, 2.05) is 0 Å². The van der Waals surface area contributed by atoms with Crippen LogP contribution in [-0.4, -0.2) is 18.5 Å². The molecular formula is C15H14FN3O3. The highest BCUT2D eigenvalue weighted by Gasteiger charge is 2.07. The molecule has 3 amide bonds. The molecule has 0 heterocycles. The van der Waals surface area contributed by atoms with Crippen LogP contribution in [0.4, 0.5) is 20.6 Å². The molecule has 7 heteroatoms. The van der Waals surface area contributed by atoms with Crippen molar-refractivity contribution < 1.29 is 18.7 Å². The van der Waals surface area contributed by atoms with Gasteiger partial charge in [0.15, 0.2) is 18.2 Å². The number of anilines is 2. The van der Waals surface area contributed by atoms with Gasteiger partial charge in [-0.2, -0.15) is 0 Å². The van der Waals surface area contributed by atoms with Crippen LogP contribution in [0.1, 0.15) is 0 Å². The van der Waals surface area contributed by atoms with Crippen molar-refractivity contribution >= 4 is 23.3 Å². The first kappa shape index (κ1) is 15.3. The number of amides is 3. The minimum absolute atomic E-state index is 0.00166. The van der Waals surface area contributed by atoms with Crippen molar-refractivity contribution in [2.45, 2.75) is 0 Å². The van der Waals surface area contributed by atoms with Gasteiger partial charge < -0.3 is 21.1 Å². The number of nitrogens with two attached hydrogens (primary N) is 1. The number of ether oxygens (including phenoxy) is 1. The Balaban J connectivity index is 1.92. The number of hydrogen-bond donors (Lipinski definition) is 3. The average Bonchev–Trinajstić information content (AvgIpc) is 2.46. The number of carbonyl (C=O) groups is 2. The summed E-state index contributed by atoms with van der Waals surface area (Å²) in [6, 6.07) is 11.5. The first-order valence-electron chi connectivity index (χ1n) is 6.38. The van der Waals surface area contributed by atoms with Crippen molar-refractivity contribution in [2.75, 3.05) is 17.2 Å². The molecule has 0 radical (unpaired) electrons. The number of halogens is 1. The number of nitrogens with one attached hydrogen (secondary N) is 2. The van der Waals surface area contributed by atoms with Gasteiger partial charge in [0, 0.05) is 11.4 Å². The molecule has 0 aliphatic heterocycles. The maximum absolute atomic E-state index is 13.3. The molecule has 0 aromatic heterocycles. The Kier molecular flexibility index (Phi) is 4.92. The summed E-state index contributed by atoms with van der Waals surface area (Å²) in [6.07, 6.45) is 0. The van der Waals surface area contributed by atoms with E-state index in [1.54, 1.807) is 24.3 Å². The third-order valence-corrected chi connectivity index (χ3v) is 2.61. The highest BCUT2D eigenvalue weighted by atomic mass is 19.1. The number of urea groups is 1. The van der Waals surface area contributed by atoms with Crippen LogP contribution in [0.25, 0.3) is 0 Å². The van der Waals surface area contributed by atoms with Gasteiger partial charge in [0.05, 0.1) is 0 Å². The summed E-state index contributed by atoms with van der Waals surface area (Å²) in [5.41, 5.74) is 5.91. The van der Waals surface area contributed by atoms with Crippen molar-refractivity contribution in [3.05, 3.63) is 54.3 Å². The van der Waals surface area contributed by atoms with Gasteiger partial charge in [-0.3, -0.25) is 4.79 Å². The van der Waals surface area contributed by atoms with E-state index in [-0.39, 0.29) is 12.4 Å². The number of benzene rings is 2. The molecule has 0 saturated carbocycles. The molecule has 0 atom stereocenters. The fourth-order valence-corrected chi connectivity index (χ4v) is 1.72. The van der Waals surface area contributed by atoms with Crippen LogP contribution < -0.4 is 21.1 Å². The molecule has 0 aliphatic carbocycles. The molecule has 114 valence electrons. The lowest BCUT2D eigenvalue weighted by atomic mass is 10.2. The van der Waals surface area contributed by atoms with Crippen LogP contribution in [0, 0.1) is 5.82 Å². The Morgan fingerprint density at radius 1 is 1.05 bits per heavy atom. The van der Waals surface area contributed by atoms with Crippen LogP contribution in [0.2, 0.25) is 0 Å². The van der Waals surface area contributed by atoms with Crippen molar-refractivity contribution in [3.63, 3.8) is 0 Å². The first-order valence-corrected chi connectivity index (χ1v) is 6.38. The normalized spacial score (nSPS) is 9.86. The SMILES string of the molecule is NC(=O)Nc1cccc(NC(=O)COc2ccccc2F)c1. The molecule has 6 nitrogen and oxygen atoms in total. The third-order valence-electron chi connectivity index (χ3n) is 2.61. The molecular weight excluding hydrogens is 289 g/mol. The predicted molar refractivity (Wildman–Crippen MR) is 80.2 cm³/mol. The Morgan fingerprint density at radius 2 is 1.73 bits per heavy atom. The average molecular weight is 303 g/mol. The Labute approximate surface area is 126 Å². The van der Waals surface area contributed by atoms with E-state index in [1.165, 1.54) is 24.3 Å². The maximum atomic E-state index is 13.3. The molecule has 0 bridgehead atoms. The molecule has 0 aliphatic rings. The highest BCUT2D eigenvalue weighted by molar-refractivity contribution is 5.93. The summed E-state index contributed by atoms with van der Waals surface area (Å²) in [5.74, 6) is -0.996. The number of rotatable bonds is 5. The molecule has 2 rings (SSSR count). The van der Waals surface area contributed by atoms with Crippen LogP contribution in [0.15, 0.2) is 48.5 Å². The molecule has 0 unspecified atom stereocenters. The number of primary amides is 1. The molecule has 2 aromatic carbocycles. The minimum atomic E-state index is -0.702. The molecule has 2 aromatic rings. The van der Waals surface area contributed by atoms with E-state index in [0.29, 0.717) is 11.4 Å². The van der Waals surface area contributed by atoms with E-state index in [4.69, 9.17) is 10.5 Å². The first-order chi connectivity index (χ1) is 10.5. The fraction of sp³-hybridized carbons (Fsp3) is 0.0667. The number of carbonyl (C=O) groups excluding carboxylic acids is 2. The Hall–Kier alpha value is -3.09. The van der Waals surface area contributed by atoms with Gasteiger partial charge in [-0.1, -0.05) is 18.2 Å². The summed E-state index contributed by atoms with van der Waals surface area (Å²) in [7, 11) is 0. The Bertz CT molecular complexity index is 691. The lowest BCUT2D eigenvalue weighted by molar-refractivity contribution is -0.118. The van der Waals surface area contributed by atoms with Gasteiger partial charge in [-0.15, -0.1) is 0 Å². The van der Waals surface area contributed by atoms with Crippen LogP contribution in [0.5, 0.6) is 5.75 Å². The van der Waals surface area contributed by atoms with Gasteiger partial charge in [0.1, 0.15) is 0 Å². The zero-order chi connectivity index (χ0) is 15.9. The third kappa shape index (κ3) is 4.48. The van der Waals surface area contributed by atoms with Crippen LogP contribution in [-0.2, 0) is 4.79 Å². The van der Waals surface area contributed by atoms with Crippen molar-refractivity contribution in [1.82, 2.24) is 0 Å². The zero-order valence-corrected chi connectivity index (χ0v) is 11.5. The second-order valence-corrected chi connectivity index (χ2v) is 4.34. The highest BCUT2D eigenvalue weighted by Crippen LogP contribution is 2.16. The molecule has 0 spiro atoms. The summed E-state index contributed by atoms with van der Waals surface area (Å²) in [6.45, 7) is -0.339. The van der Waals surface area contributed by atoms with E-state index in [2.05, 4.69) is 10.6 Å². The van der Waals surface area contributed by atoms with E-state index < -0.39 is 17.8 Å². The van der Waals surface area contributed by atoms with Gasteiger partial charge in [0.25, 0.3) is 5.91 Å². The van der Waals surface area contributed by atoms with Gasteiger partial charge >= 0.3 is 6.03 Å². The number of para-hydroxylation sites is 1. The smallest absolute Gasteiger partial charge is 0.316 e. The van der Waals surface area contributed by atoms with E-state index in [9.17, 15) is 14.0 Å². The molecule has 22 heavy (non-hydrogen) atoms. The maximum Gasteiger partial charge on any atom is 0.316 e. The van der Waals surface area contributed by atoms with E-state index >= 15 is 0 Å². The quantitative estimate of drug-likeness (QED) is 0.791. The number of hydrogen-bond acceptors (Lipinski definition) is 3. The summed E-state index contributed by atoms with van der Waals surface area (Å²) < 4.78 is 18.4. The summed E-state index contributed by atoms with van der Waals surface area (Å²) >= 11 is 0. The van der Waals surface area contributed by atoms with Gasteiger partial charge in [0.2, 0.25) is 0 Å². The summed E-state index contributed by atoms with van der Waals surface area (Å²) in [5, 5.41) is 4.96. The van der Waals surface area contributed by atoms with Crippen LogP contribution in [0.3, 0.4) is 0 Å². The molecule has 4 N–H and O–H groups in total. The van der Waals surface area contributed by atoms with E-state index in [0.717, 1.165) is 0 Å². The topological polar surface area (TPSA) is 93.5 Å². The second kappa shape index (κ2) is 7.07. The largest absolute Gasteiger partial charge is 0.481 e. The molecule has 0 saturated heterocycles. The van der Waals surface area contributed by atoms with Crippen LogP contribution >= 0.6 is 0 Å². The fourth-order valence-electron chi connectivity index (χ4n) is 1.72. The van der Waals surface area contributed by atoms with Crippen molar-refractivity contribution in [1.29, 1.82) is 0 Å². The van der Waals surface area contributed by atoms with Crippen molar-refractivity contribution in [3.8, 4) is 5.75 Å². The standard InChI is InChI=1S/C15H14FN3O3/c16-12-6-1-2-7-13(12)22-9-14(20)18-10-4-3-5-11(8-10)19-15(17)21/h1-8H,9H2,(H,18,20)(H3,17,19,21). The minimum Gasteiger partial charge on any atom is -0.481 e. The zero-order valence-electron chi connectivity index (χ0n) is 11.5. The second-order valence-electron chi connectivity index (χ2n) is 4.34.